The molecule has 4 aromatic rings. The first-order valence-electron chi connectivity index (χ1n) is 11.5. The van der Waals surface area contributed by atoms with Crippen molar-refractivity contribution in [3.63, 3.8) is 0 Å². The zero-order chi connectivity index (χ0) is 23.1. The van der Waals surface area contributed by atoms with Crippen LogP contribution in [-0.2, 0) is 0 Å². The first-order chi connectivity index (χ1) is 16.7. The molecule has 0 bridgehead atoms. The van der Waals surface area contributed by atoms with E-state index in [9.17, 15) is 0 Å². The Hall–Kier alpha value is -4.32. The smallest absolute Gasteiger partial charge is 0.151 e. The second kappa shape index (κ2) is 8.23. The molecule has 0 N–H and O–H groups in total. The van der Waals surface area contributed by atoms with Crippen molar-refractivity contribution < 1.29 is 0 Å². The number of para-hydroxylation sites is 4. The molecule has 6 nitrogen and oxygen atoms in total. The van der Waals surface area contributed by atoms with E-state index in [0.29, 0.717) is 0 Å². The summed E-state index contributed by atoms with van der Waals surface area (Å²) in [5.41, 5.74) is 6.68. The van der Waals surface area contributed by atoms with E-state index < -0.39 is 0 Å². The minimum absolute atomic E-state index is 0.0758. The van der Waals surface area contributed by atoms with E-state index >= 15 is 0 Å². The Morgan fingerprint density at radius 2 is 0.765 bits per heavy atom. The van der Waals surface area contributed by atoms with Crippen molar-refractivity contribution in [2.24, 2.45) is 10.4 Å². The molecule has 0 radical (unpaired) electrons. The Kier molecular flexibility index (Phi) is 4.91. The van der Waals surface area contributed by atoms with Gasteiger partial charge in [0, 0.05) is 14.1 Å². The number of rotatable bonds is 4. The molecule has 2 aliphatic rings. The lowest BCUT2D eigenvalue weighted by Crippen LogP contribution is -2.32. The fourth-order valence-corrected chi connectivity index (χ4v) is 5.03. The Morgan fingerprint density at radius 1 is 0.441 bits per heavy atom. The molecule has 0 saturated carbocycles. The van der Waals surface area contributed by atoms with Crippen LogP contribution in [0.2, 0.25) is 0 Å². The van der Waals surface area contributed by atoms with Crippen LogP contribution in [0.25, 0.3) is 0 Å². The van der Waals surface area contributed by atoms with E-state index in [0.717, 1.165) is 22.7 Å². The SMILES string of the molecule is CN1c2ccccc2N(/N=N/N2c3ccccc3N(C)C2c2ccccc2)C1c1ccccc1. The fraction of sp³-hybridized carbons (Fsp3) is 0.143. The Balaban J connectivity index is 1.44. The quantitative estimate of drug-likeness (QED) is 0.332. The third-order valence-corrected chi connectivity index (χ3v) is 6.64. The Morgan fingerprint density at radius 3 is 1.15 bits per heavy atom. The first kappa shape index (κ1) is 20.3. The summed E-state index contributed by atoms with van der Waals surface area (Å²) in [6, 6.07) is 37.6. The van der Waals surface area contributed by atoms with E-state index in [1.165, 1.54) is 11.1 Å². The highest BCUT2D eigenvalue weighted by Crippen LogP contribution is 2.48. The van der Waals surface area contributed by atoms with Crippen LogP contribution < -0.4 is 19.8 Å². The van der Waals surface area contributed by atoms with Crippen LogP contribution in [0.4, 0.5) is 22.7 Å². The normalized spacial score (nSPS) is 19.1. The van der Waals surface area contributed by atoms with E-state index in [1.54, 1.807) is 0 Å². The van der Waals surface area contributed by atoms with Gasteiger partial charge in [-0.2, -0.15) is 0 Å². The number of fused-ring (bicyclic) bond motifs is 2. The molecule has 0 aliphatic carbocycles. The molecule has 2 unspecified atom stereocenters. The maximum absolute atomic E-state index is 4.88. The average Bonchev–Trinajstić information content (AvgIpc) is 3.34. The molecule has 4 aromatic carbocycles. The van der Waals surface area contributed by atoms with Crippen molar-refractivity contribution in [3.8, 4) is 0 Å². The lowest BCUT2D eigenvalue weighted by molar-refractivity contribution is 0.590. The Labute approximate surface area is 199 Å². The van der Waals surface area contributed by atoms with Crippen LogP contribution in [0.1, 0.15) is 23.5 Å². The molecule has 168 valence electrons. The monoisotopic (exact) mass is 446 g/mol. The van der Waals surface area contributed by atoms with Crippen LogP contribution in [-0.4, -0.2) is 14.1 Å². The van der Waals surface area contributed by atoms with Gasteiger partial charge in [-0.1, -0.05) is 84.9 Å². The Bertz CT molecular complexity index is 1220. The average molecular weight is 447 g/mol. The summed E-state index contributed by atoms with van der Waals surface area (Å²) in [5.74, 6) is 0. The summed E-state index contributed by atoms with van der Waals surface area (Å²) >= 11 is 0. The highest BCUT2D eigenvalue weighted by atomic mass is 15.7. The minimum atomic E-state index is -0.0758. The predicted molar refractivity (Wildman–Crippen MR) is 138 cm³/mol. The molecular formula is C28H26N6. The first-order valence-corrected chi connectivity index (χ1v) is 11.5. The fourth-order valence-electron chi connectivity index (χ4n) is 5.03. The summed E-state index contributed by atoms with van der Waals surface area (Å²) in [5, 5.41) is 13.8. The number of benzene rings is 4. The van der Waals surface area contributed by atoms with Gasteiger partial charge in [0.2, 0.25) is 0 Å². The van der Waals surface area contributed by atoms with Crippen molar-refractivity contribution in [2.45, 2.75) is 12.3 Å². The zero-order valence-electron chi connectivity index (χ0n) is 19.2. The number of anilines is 4. The third-order valence-electron chi connectivity index (χ3n) is 6.64. The lowest BCUT2D eigenvalue weighted by Gasteiger charge is -2.29. The van der Waals surface area contributed by atoms with Crippen molar-refractivity contribution in [3.05, 3.63) is 120 Å². The molecule has 0 spiro atoms. The highest BCUT2D eigenvalue weighted by Gasteiger charge is 2.38. The topological polar surface area (TPSA) is 37.7 Å². The molecule has 6 rings (SSSR count). The molecule has 6 heteroatoms. The third kappa shape index (κ3) is 3.18. The van der Waals surface area contributed by atoms with Crippen LogP contribution >= 0.6 is 0 Å². The van der Waals surface area contributed by atoms with Gasteiger partial charge in [-0.25, -0.2) is 10.0 Å². The lowest BCUT2D eigenvalue weighted by atomic mass is 10.1. The van der Waals surface area contributed by atoms with Gasteiger partial charge in [0.1, 0.15) is 0 Å². The molecule has 2 aliphatic heterocycles. The van der Waals surface area contributed by atoms with Crippen LogP contribution in [0.3, 0.4) is 0 Å². The zero-order valence-corrected chi connectivity index (χ0v) is 19.2. The summed E-state index contributed by atoms with van der Waals surface area (Å²) in [7, 11) is 4.22. The van der Waals surface area contributed by atoms with Crippen LogP contribution in [0, 0.1) is 0 Å². The highest BCUT2D eigenvalue weighted by molar-refractivity contribution is 5.78. The maximum Gasteiger partial charge on any atom is 0.151 e. The van der Waals surface area contributed by atoms with Gasteiger partial charge in [-0.3, -0.25) is 0 Å². The molecule has 34 heavy (non-hydrogen) atoms. The molecule has 2 atom stereocenters. The molecule has 0 amide bonds. The number of hydrogen-bond donors (Lipinski definition) is 0. The van der Waals surface area contributed by atoms with Crippen LogP contribution in [0.15, 0.2) is 120 Å². The van der Waals surface area contributed by atoms with E-state index in [4.69, 9.17) is 10.4 Å². The number of nitrogens with zero attached hydrogens (tertiary/aromatic N) is 6. The maximum atomic E-state index is 4.88. The van der Waals surface area contributed by atoms with Gasteiger partial charge in [-0.05, 0) is 45.8 Å². The molecule has 0 fully saturated rings. The number of hydrogen-bond acceptors (Lipinski definition) is 4. The van der Waals surface area contributed by atoms with Crippen molar-refractivity contribution in [1.82, 2.24) is 0 Å². The van der Waals surface area contributed by atoms with E-state index in [1.807, 2.05) is 34.3 Å². The second-order valence-electron chi connectivity index (χ2n) is 8.64. The summed E-state index contributed by atoms with van der Waals surface area (Å²) < 4.78 is 0. The van der Waals surface area contributed by atoms with Gasteiger partial charge in [0.05, 0.1) is 22.7 Å². The summed E-state index contributed by atoms with van der Waals surface area (Å²) in [6.45, 7) is 0. The summed E-state index contributed by atoms with van der Waals surface area (Å²) in [4.78, 5) is 4.50. The second-order valence-corrected chi connectivity index (χ2v) is 8.64. The van der Waals surface area contributed by atoms with Crippen molar-refractivity contribution >= 4 is 22.7 Å². The van der Waals surface area contributed by atoms with E-state index in [2.05, 4.69) is 109 Å². The summed E-state index contributed by atoms with van der Waals surface area (Å²) in [6.07, 6.45) is -0.152. The van der Waals surface area contributed by atoms with Gasteiger partial charge in [-0.15, -0.1) is 0 Å². The van der Waals surface area contributed by atoms with Gasteiger partial charge < -0.3 is 9.80 Å². The minimum Gasteiger partial charge on any atom is -0.347 e. The molecule has 2 heterocycles. The standard InChI is InChI=1S/C28H26N6/c1-31-23-17-9-11-19-25(23)33(27(31)21-13-5-3-6-14-21)29-30-34-26-20-12-10-18-24(26)32(2)28(34)22-15-7-4-8-16-22/h3-20,27-28H,1-2H3/b30-29+. The van der Waals surface area contributed by atoms with Gasteiger partial charge >= 0.3 is 0 Å². The van der Waals surface area contributed by atoms with Crippen molar-refractivity contribution in [2.75, 3.05) is 33.9 Å². The van der Waals surface area contributed by atoms with Gasteiger partial charge in [0.15, 0.2) is 12.3 Å². The van der Waals surface area contributed by atoms with Gasteiger partial charge in [0.25, 0.3) is 0 Å². The van der Waals surface area contributed by atoms with E-state index in [-0.39, 0.29) is 12.3 Å². The molecule has 0 aromatic heterocycles. The predicted octanol–water partition coefficient (Wildman–Crippen LogP) is 6.58. The largest absolute Gasteiger partial charge is 0.347 e. The molecule has 0 saturated heterocycles. The van der Waals surface area contributed by atoms with Crippen LogP contribution in [0.5, 0.6) is 0 Å². The van der Waals surface area contributed by atoms with Crippen molar-refractivity contribution in [1.29, 1.82) is 0 Å². The molecular weight excluding hydrogens is 420 g/mol.